The van der Waals surface area contributed by atoms with E-state index in [0.717, 1.165) is 26.2 Å². The van der Waals surface area contributed by atoms with Crippen LogP contribution >= 0.6 is 0 Å². The highest BCUT2D eigenvalue weighted by molar-refractivity contribution is 4.65. The van der Waals surface area contributed by atoms with Crippen molar-refractivity contribution < 1.29 is 14.9 Å². The second-order valence-corrected chi connectivity index (χ2v) is 6.12. The van der Waals surface area contributed by atoms with Gasteiger partial charge in [0.05, 0.1) is 0 Å². The summed E-state index contributed by atoms with van der Waals surface area (Å²) in [6, 6.07) is 0.225. The summed E-state index contributed by atoms with van der Waals surface area (Å²) in [5.41, 5.74) is 0. The van der Waals surface area contributed by atoms with Crippen LogP contribution in [0.3, 0.4) is 0 Å². The van der Waals surface area contributed by atoms with Crippen molar-refractivity contribution in [2.75, 3.05) is 33.0 Å². The van der Waals surface area contributed by atoms with Gasteiger partial charge in [0.2, 0.25) is 0 Å². The number of rotatable bonds is 18. The normalized spacial score (nSPS) is 11.5. The van der Waals surface area contributed by atoms with E-state index in [1.807, 2.05) is 0 Å². The molecular weight excluding hydrogens is 278 g/mol. The van der Waals surface area contributed by atoms with Crippen LogP contribution in [-0.4, -0.2) is 49.2 Å². The second kappa shape index (κ2) is 18.9. The standard InChI is InChI=1S/C18H39NO3/c1-2-3-4-5-6-7-8-9-16-22-17-10-13-19-18(11-14-20)12-15-21/h18-21H,2-17H2,1H3. The zero-order chi connectivity index (χ0) is 16.3. The first-order valence-corrected chi connectivity index (χ1v) is 9.38. The molecule has 0 bridgehead atoms. The average Bonchev–Trinajstić information content (AvgIpc) is 2.52. The molecular formula is C18H39NO3. The minimum absolute atomic E-state index is 0.173. The van der Waals surface area contributed by atoms with Gasteiger partial charge >= 0.3 is 0 Å². The molecule has 3 N–H and O–H groups in total. The van der Waals surface area contributed by atoms with Crippen molar-refractivity contribution >= 4 is 0 Å². The fourth-order valence-electron chi connectivity index (χ4n) is 2.58. The highest BCUT2D eigenvalue weighted by Crippen LogP contribution is 2.08. The molecule has 0 aliphatic rings. The minimum Gasteiger partial charge on any atom is -0.396 e. The molecule has 0 saturated carbocycles. The highest BCUT2D eigenvalue weighted by atomic mass is 16.5. The zero-order valence-corrected chi connectivity index (χ0v) is 14.7. The topological polar surface area (TPSA) is 61.7 Å². The fourth-order valence-corrected chi connectivity index (χ4v) is 2.58. The van der Waals surface area contributed by atoms with Gasteiger partial charge < -0.3 is 20.3 Å². The number of hydrogen-bond acceptors (Lipinski definition) is 4. The van der Waals surface area contributed by atoms with Gasteiger partial charge in [-0.25, -0.2) is 0 Å². The van der Waals surface area contributed by atoms with E-state index in [1.165, 1.54) is 51.4 Å². The first-order chi connectivity index (χ1) is 10.8. The summed E-state index contributed by atoms with van der Waals surface area (Å²) in [5, 5.41) is 21.2. The first kappa shape index (κ1) is 21.8. The van der Waals surface area contributed by atoms with Gasteiger partial charge in [-0.3, -0.25) is 0 Å². The Morgan fingerprint density at radius 2 is 1.32 bits per heavy atom. The highest BCUT2D eigenvalue weighted by Gasteiger charge is 2.05. The van der Waals surface area contributed by atoms with Crippen LogP contribution in [0, 0.1) is 0 Å². The number of ether oxygens (including phenoxy) is 1. The van der Waals surface area contributed by atoms with Crippen LogP contribution in [0.15, 0.2) is 0 Å². The number of unbranched alkanes of at least 4 members (excludes halogenated alkanes) is 7. The molecule has 0 radical (unpaired) electrons. The Balaban J connectivity index is 3.16. The van der Waals surface area contributed by atoms with Gasteiger partial charge in [0, 0.05) is 32.5 Å². The number of nitrogens with one attached hydrogen (secondary N) is 1. The molecule has 0 fully saturated rings. The molecule has 0 saturated heterocycles. The lowest BCUT2D eigenvalue weighted by Gasteiger charge is -2.16. The van der Waals surface area contributed by atoms with Crippen LogP contribution in [0.5, 0.6) is 0 Å². The Labute approximate surface area is 137 Å². The van der Waals surface area contributed by atoms with Gasteiger partial charge in [-0.2, -0.15) is 0 Å². The van der Waals surface area contributed by atoms with Crippen molar-refractivity contribution in [2.24, 2.45) is 0 Å². The van der Waals surface area contributed by atoms with Crippen LogP contribution in [-0.2, 0) is 4.74 Å². The first-order valence-electron chi connectivity index (χ1n) is 9.38. The minimum atomic E-state index is 0.173. The SMILES string of the molecule is CCCCCCCCCCOCCCNC(CCO)CCO. The molecule has 0 atom stereocenters. The van der Waals surface area contributed by atoms with Crippen LogP contribution in [0.4, 0.5) is 0 Å². The lowest BCUT2D eigenvalue weighted by atomic mass is 10.1. The molecule has 134 valence electrons. The molecule has 0 rings (SSSR count). The van der Waals surface area contributed by atoms with E-state index in [-0.39, 0.29) is 19.3 Å². The number of aliphatic hydroxyl groups excluding tert-OH is 2. The molecule has 0 spiro atoms. The largest absolute Gasteiger partial charge is 0.396 e. The Bertz CT molecular complexity index is 197. The van der Waals surface area contributed by atoms with Crippen LogP contribution < -0.4 is 5.32 Å². The van der Waals surface area contributed by atoms with Gasteiger partial charge in [0.25, 0.3) is 0 Å². The summed E-state index contributed by atoms with van der Waals surface area (Å²) >= 11 is 0. The van der Waals surface area contributed by atoms with Crippen LogP contribution in [0.25, 0.3) is 0 Å². The van der Waals surface area contributed by atoms with E-state index >= 15 is 0 Å². The number of aliphatic hydroxyl groups is 2. The predicted octanol–water partition coefficient (Wildman–Crippen LogP) is 3.26. The van der Waals surface area contributed by atoms with E-state index in [1.54, 1.807) is 0 Å². The van der Waals surface area contributed by atoms with Crippen molar-refractivity contribution in [3.63, 3.8) is 0 Å². The van der Waals surface area contributed by atoms with Gasteiger partial charge in [-0.1, -0.05) is 51.9 Å². The smallest absolute Gasteiger partial charge is 0.0478 e. The predicted molar refractivity (Wildman–Crippen MR) is 93.2 cm³/mol. The molecule has 4 nitrogen and oxygen atoms in total. The second-order valence-electron chi connectivity index (χ2n) is 6.12. The Morgan fingerprint density at radius 1 is 0.773 bits per heavy atom. The average molecular weight is 318 g/mol. The molecule has 0 heterocycles. The summed E-state index contributed by atoms with van der Waals surface area (Å²) < 4.78 is 5.64. The van der Waals surface area contributed by atoms with E-state index in [0.29, 0.717) is 12.8 Å². The summed E-state index contributed by atoms with van der Waals surface area (Å²) in [5.74, 6) is 0. The van der Waals surface area contributed by atoms with Crippen molar-refractivity contribution in [3.8, 4) is 0 Å². The van der Waals surface area contributed by atoms with Crippen LogP contribution in [0.2, 0.25) is 0 Å². The van der Waals surface area contributed by atoms with Gasteiger partial charge in [-0.05, 0) is 32.2 Å². The molecule has 0 aromatic heterocycles. The van der Waals surface area contributed by atoms with E-state index in [4.69, 9.17) is 14.9 Å². The van der Waals surface area contributed by atoms with Gasteiger partial charge in [-0.15, -0.1) is 0 Å². The van der Waals surface area contributed by atoms with Crippen molar-refractivity contribution in [3.05, 3.63) is 0 Å². The lowest BCUT2D eigenvalue weighted by Crippen LogP contribution is -2.32. The van der Waals surface area contributed by atoms with Crippen molar-refractivity contribution in [1.29, 1.82) is 0 Å². The Kier molecular flexibility index (Phi) is 18.8. The Morgan fingerprint density at radius 3 is 1.91 bits per heavy atom. The van der Waals surface area contributed by atoms with E-state index in [2.05, 4.69) is 12.2 Å². The zero-order valence-electron chi connectivity index (χ0n) is 14.7. The number of hydrogen-bond donors (Lipinski definition) is 3. The molecule has 0 unspecified atom stereocenters. The summed E-state index contributed by atoms with van der Waals surface area (Å²) in [6.45, 7) is 5.17. The third-order valence-corrected chi connectivity index (χ3v) is 4.00. The molecule has 4 heteroatoms. The van der Waals surface area contributed by atoms with E-state index < -0.39 is 0 Å². The van der Waals surface area contributed by atoms with E-state index in [9.17, 15) is 0 Å². The van der Waals surface area contributed by atoms with Crippen molar-refractivity contribution in [2.45, 2.75) is 83.6 Å². The Hall–Kier alpha value is -0.160. The molecule has 0 amide bonds. The van der Waals surface area contributed by atoms with Gasteiger partial charge in [0.1, 0.15) is 0 Å². The quantitative estimate of drug-likeness (QED) is 0.340. The monoisotopic (exact) mass is 317 g/mol. The van der Waals surface area contributed by atoms with Crippen molar-refractivity contribution in [1.82, 2.24) is 5.32 Å². The lowest BCUT2D eigenvalue weighted by molar-refractivity contribution is 0.126. The summed E-state index contributed by atoms with van der Waals surface area (Å²) in [7, 11) is 0. The maximum Gasteiger partial charge on any atom is 0.0478 e. The molecule has 0 aliphatic carbocycles. The van der Waals surface area contributed by atoms with Gasteiger partial charge in [0.15, 0.2) is 0 Å². The molecule has 22 heavy (non-hydrogen) atoms. The third kappa shape index (κ3) is 16.2. The molecule has 0 aromatic carbocycles. The molecule has 0 aliphatic heterocycles. The van der Waals surface area contributed by atoms with Crippen LogP contribution in [0.1, 0.15) is 77.6 Å². The fraction of sp³-hybridized carbons (Fsp3) is 1.00. The summed E-state index contributed by atoms with van der Waals surface area (Å²) in [6.07, 6.45) is 13.1. The maximum absolute atomic E-state index is 8.92. The molecule has 0 aromatic rings. The third-order valence-electron chi connectivity index (χ3n) is 4.00. The summed E-state index contributed by atoms with van der Waals surface area (Å²) in [4.78, 5) is 0. The maximum atomic E-state index is 8.92.